The number of ketones is 1. The van der Waals surface area contributed by atoms with Crippen molar-refractivity contribution in [2.24, 2.45) is 17.1 Å². The van der Waals surface area contributed by atoms with E-state index in [9.17, 15) is 4.79 Å². The van der Waals surface area contributed by atoms with E-state index in [2.05, 4.69) is 38.1 Å². The molecule has 0 radical (unpaired) electrons. The third-order valence-electron chi connectivity index (χ3n) is 4.70. The molecule has 0 unspecified atom stereocenters. The molecule has 2 N–H and O–H groups in total. The molecule has 1 aromatic rings. The molecule has 0 aliphatic heterocycles. The number of benzene rings is 1. The van der Waals surface area contributed by atoms with Crippen molar-refractivity contribution in [2.45, 2.75) is 46.0 Å². The Morgan fingerprint density at radius 3 is 2.37 bits per heavy atom. The molecule has 2 heteroatoms. The van der Waals surface area contributed by atoms with Crippen LogP contribution in [0.1, 0.15) is 43.7 Å². The van der Waals surface area contributed by atoms with Crippen molar-refractivity contribution in [3.8, 4) is 0 Å². The lowest BCUT2D eigenvalue weighted by Crippen LogP contribution is -2.42. The van der Waals surface area contributed by atoms with Crippen LogP contribution >= 0.6 is 0 Å². The quantitative estimate of drug-likeness (QED) is 0.902. The highest BCUT2D eigenvalue weighted by molar-refractivity contribution is 5.87. The summed E-state index contributed by atoms with van der Waals surface area (Å²) >= 11 is 0. The standard InChI is InChI=1S/C17H25NO/c1-13-3-5-15(6-4-13)11-16(19)17(12-18)9-7-14(2)8-10-17/h3-6,14H,7-12,18H2,1-2H3. The van der Waals surface area contributed by atoms with E-state index in [1.165, 1.54) is 5.56 Å². The highest BCUT2D eigenvalue weighted by atomic mass is 16.1. The second-order valence-corrected chi connectivity index (χ2v) is 6.25. The Balaban J connectivity index is 2.06. The lowest BCUT2D eigenvalue weighted by atomic mass is 9.67. The van der Waals surface area contributed by atoms with Gasteiger partial charge in [-0.15, -0.1) is 0 Å². The van der Waals surface area contributed by atoms with Gasteiger partial charge in [-0.2, -0.15) is 0 Å². The lowest BCUT2D eigenvalue weighted by molar-refractivity contribution is -0.129. The molecule has 1 fully saturated rings. The zero-order chi connectivity index (χ0) is 13.9. The Labute approximate surface area is 116 Å². The minimum absolute atomic E-state index is 0.253. The number of carbonyl (C=O) groups is 1. The molecule has 0 amide bonds. The van der Waals surface area contributed by atoms with Gasteiger partial charge in [-0.1, -0.05) is 36.8 Å². The van der Waals surface area contributed by atoms with Crippen LogP contribution in [0.5, 0.6) is 0 Å². The van der Waals surface area contributed by atoms with Gasteiger partial charge in [0.1, 0.15) is 5.78 Å². The van der Waals surface area contributed by atoms with Crippen molar-refractivity contribution in [1.82, 2.24) is 0 Å². The molecular formula is C17H25NO. The summed E-state index contributed by atoms with van der Waals surface area (Å²) in [5.74, 6) is 1.08. The van der Waals surface area contributed by atoms with Crippen LogP contribution in [0.15, 0.2) is 24.3 Å². The molecule has 1 saturated carbocycles. The third-order valence-corrected chi connectivity index (χ3v) is 4.70. The van der Waals surface area contributed by atoms with Gasteiger partial charge in [-0.05, 0) is 44.1 Å². The highest BCUT2D eigenvalue weighted by Crippen LogP contribution is 2.39. The predicted molar refractivity (Wildman–Crippen MR) is 79.0 cm³/mol. The summed E-state index contributed by atoms with van der Waals surface area (Å²) in [5, 5.41) is 0. The SMILES string of the molecule is Cc1ccc(CC(=O)C2(CN)CCC(C)CC2)cc1. The highest BCUT2D eigenvalue weighted by Gasteiger charge is 2.39. The van der Waals surface area contributed by atoms with Gasteiger partial charge in [0.15, 0.2) is 0 Å². The minimum Gasteiger partial charge on any atom is -0.329 e. The van der Waals surface area contributed by atoms with Crippen molar-refractivity contribution in [3.63, 3.8) is 0 Å². The summed E-state index contributed by atoms with van der Waals surface area (Å²) in [5.41, 5.74) is 8.03. The molecular weight excluding hydrogens is 234 g/mol. The normalized spacial score (nSPS) is 27.2. The van der Waals surface area contributed by atoms with Crippen molar-refractivity contribution < 1.29 is 4.79 Å². The minimum atomic E-state index is -0.253. The number of hydrogen-bond acceptors (Lipinski definition) is 2. The fourth-order valence-corrected chi connectivity index (χ4v) is 2.99. The largest absolute Gasteiger partial charge is 0.329 e. The fourth-order valence-electron chi connectivity index (χ4n) is 2.99. The molecule has 0 atom stereocenters. The Kier molecular flexibility index (Phi) is 4.41. The molecule has 0 spiro atoms. The molecule has 0 saturated heterocycles. The molecule has 0 bridgehead atoms. The summed E-state index contributed by atoms with van der Waals surface area (Å²) in [7, 11) is 0. The molecule has 0 heterocycles. The van der Waals surface area contributed by atoms with Crippen LogP contribution in [0.2, 0.25) is 0 Å². The van der Waals surface area contributed by atoms with Gasteiger partial charge in [0.2, 0.25) is 0 Å². The first kappa shape index (κ1) is 14.3. The van der Waals surface area contributed by atoms with Crippen LogP contribution in [0.4, 0.5) is 0 Å². The average Bonchev–Trinajstić information content (AvgIpc) is 2.42. The first-order valence-corrected chi connectivity index (χ1v) is 7.35. The molecule has 2 rings (SSSR count). The van der Waals surface area contributed by atoms with Crippen LogP contribution in [-0.4, -0.2) is 12.3 Å². The molecule has 2 nitrogen and oxygen atoms in total. The second-order valence-electron chi connectivity index (χ2n) is 6.25. The predicted octanol–water partition coefficient (Wildman–Crippen LogP) is 3.26. The van der Waals surface area contributed by atoms with Crippen molar-refractivity contribution in [2.75, 3.05) is 6.54 Å². The van der Waals surface area contributed by atoms with Gasteiger partial charge in [-0.25, -0.2) is 0 Å². The molecule has 19 heavy (non-hydrogen) atoms. The number of aryl methyl sites for hydroxylation is 1. The first-order valence-electron chi connectivity index (χ1n) is 7.35. The van der Waals surface area contributed by atoms with Crippen molar-refractivity contribution >= 4 is 5.78 Å². The van der Waals surface area contributed by atoms with E-state index in [4.69, 9.17) is 5.73 Å². The Morgan fingerprint density at radius 2 is 1.84 bits per heavy atom. The summed E-state index contributed by atoms with van der Waals surface area (Å²) in [6, 6.07) is 8.26. The molecule has 1 aliphatic carbocycles. The van der Waals surface area contributed by atoms with Crippen LogP contribution in [0.3, 0.4) is 0 Å². The molecule has 1 aliphatic rings. The van der Waals surface area contributed by atoms with Gasteiger partial charge in [-0.3, -0.25) is 4.79 Å². The molecule has 104 valence electrons. The van der Waals surface area contributed by atoms with E-state index in [1.54, 1.807) is 0 Å². The topological polar surface area (TPSA) is 43.1 Å². The molecule has 1 aromatic carbocycles. The van der Waals surface area contributed by atoms with Gasteiger partial charge in [0.25, 0.3) is 0 Å². The summed E-state index contributed by atoms with van der Waals surface area (Å²) in [6.45, 7) is 4.84. The monoisotopic (exact) mass is 259 g/mol. The van der Waals surface area contributed by atoms with Gasteiger partial charge in [0, 0.05) is 18.4 Å². The number of hydrogen-bond donors (Lipinski definition) is 1. The van der Waals surface area contributed by atoms with E-state index in [1.807, 2.05) is 0 Å². The maximum Gasteiger partial charge on any atom is 0.144 e. The maximum absolute atomic E-state index is 12.6. The van der Waals surface area contributed by atoms with Gasteiger partial charge < -0.3 is 5.73 Å². The van der Waals surface area contributed by atoms with E-state index in [0.29, 0.717) is 18.7 Å². The van der Waals surface area contributed by atoms with Crippen LogP contribution < -0.4 is 5.73 Å². The zero-order valence-corrected chi connectivity index (χ0v) is 12.1. The van der Waals surface area contributed by atoms with E-state index < -0.39 is 0 Å². The lowest BCUT2D eigenvalue weighted by Gasteiger charge is -2.37. The summed E-state index contributed by atoms with van der Waals surface area (Å²) in [4.78, 5) is 12.6. The number of Topliss-reactive ketones (excluding diaryl/α,β-unsaturated/α-hetero) is 1. The Morgan fingerprint density at radius 1 is 1.26 bits per heavy atom. The number of nitrogens with two attached hydrogens (primary N) is 1. The third kappa shape index (κ3) is 3.24. The fraction of sp³-hybridized carbons (Fsp3) is 0.588. The molecule has 0 aromatic heterocycles. The van der Waals surface area contributed by atoms with Gasteiger partial charge >= 0.3 is 0 Å². The van der Waals surface area contributed by atoms with Crippen molar-refractivity contribution in [3.05, 3.63) is 35.4 Å². The summed E-state index contributed by atoms with van der Waals surface area (Å²) in [6.07, 6.45) is 4.74. The average molecular weight is 259 g/mol. The van der Waals surface area contributed by atoms with Gasteiger partial charge in [0.05, 0.1) is 0 Å². The van der Waals surface area contributed by atoms with E-state index >= 15 is 0 Å². The van der Waals surface area contributed by atoms with E-state index in [0.717, 1.165) is 37.2 Å². The Hall–Kier alpha value is -1.15. The summed E-state index contributed by atoms with van der Waals surface area (Å²) < 4.78 is 0. The smallest absolute Gasteiger partial charge is 0.144 e. The van der Waals surface area contributed by atoms with Crippen LogP contribution in [-0.2, 0) is 11.2 Å². The van der Waals surface area contributed by atoms with E-state index in [-0.39, 0.29) is 5.41 Å². The van der Waals surface area contributed by atoms with Crippen molar-refractivity contribution in [1.29, 1.82) is 0 Å². The Bertz CT molecular complexity index is 427. The van der Waals surface area contributed by atoms with Crippen LogP contribution in [0, 0.1) is 18.3 Å². The first-order chi connectivity index (χ1) is 9.05. The number of rotatable bonds is 4. The van der Waals surface area contributed by atoms with Crippen LogP contribution in [0.25, 0.3) is 0 Å². The second kappa shape index (κ2) is 5.87. The maximum atomic E-state index is 12.6. The number of carbonyl (C=O) groups excluding carboxylic acids is 1. The zero-order valence-electron chi connectivity index (χ0n) is 12.1.